The van der Waals surface area contributed by atoms with Gasteiger partial charge in [-0.1, -0.05) is 13.3 Å². The lowest BCUT2D eigenvalue weighted by atomic mass is 10.3. The van der Waals surface area contributed by atoms with Crippen LogP contribution in [0.5, 0.6) is 0 Å². The van der Waals surface area contributed by atoms with E-state index in [-0.39, 0.29) is 18.6 Å². The summed E-state index contributed by atoms with van der Waals surface area (Å²) >= 11 is 0. The van der Waals surface area contributed by atoms with Gasteiger partial charge in [-0.2, -0.15) is 15.0 Å². The van der Waals surface area contributed by atoms with Gasteiger partial charge in [0.05, 0.1) is 0 Å². The third-order valence-electron chi connectivity index (χ3n) is 1.89. The van der Waals surface area contributed by atoms with Crippen molar-refractivity contribution >= 4 is 17.8 Å². The summed E-state index contributed by atoms with van der Waals surface area (Å²) in [6.45, 7) is 2.56. The van der Waals surface area contributed by atoms with Gasteiger partial charge in [0.1, 0.15) is 6.73 Å². The van der Waals surface area contributed by atoms with Crippen molar-refractivity contribution < 1.29 is 5.11 Å². The van der Waals surface area contributed by atoms with Crippen LogP contribution in [0.25, 0.3) is 0 Å². The van der Waals surface area contributed by atoms with Crippen molar-refractivity contribution in [2.75, 3.05) is 29.6 Å². The summed E-state index contributed by atoms with van der Waals surface area (Å²) in [6.07, 6.45) is 1.96. The molecule has 1 aromatic heterocycles. The minimum absolute atomic E-state index is 0.0625. The van der Waals surface area contributed by atoms with Crippen molar-refractivity contribution in [3.8, 4) is 0 Å². The van der Waals surface area contributed by atoms with Crippen LogP contribution in [0, 0.1) is 0 Å². The van der Waals surface area contributed by atoms with Crippen molar-refractivity contribution in [3.05, 3.63) is 0 Å². The van der Waals surface area contributed by atoms with Crippen molar-refractivity contribution in [2.45, 2.75) is 19.8 Å². The Morgan fingerprint density at radius 2 is 1.80 bits per heavy atom. The van der Waals surface area contributed by atoms with Crippen LogP contribution >= 0.6 is 0 Å². The SMILES string of the molecule is CCCCN(CO)c1nc(N)nc(N)n1. The number of unbranched alkanes of at least 4 members (excludes halogenated alkanes) is 1. The summed E-state index contributed by atoms with van der Waals surface area (Å²) in [4.78, 5) is 13.1. The lowest BCUT2D eigenvalue weighted by Crippen LogP contribution is -2.28. The van der Waals surface area contributed by atoms with E-state index in [1.54, 1.807) is 4.90 Å². The normalized spacial score (nSPS) is 10.3. The van der Waals surface area contributed by atoms with Crippen molar-refractivity contribution in [1.82, 2.24) is 15.0 Å². The predicted molar refractivity (Wildman–Crippen MR) is 58.0 cm³/mol. The molecular formula is C8H16N6O. The molecule has 1 rings (SSSR count). The minimum Gasteiger partial charge on any atom is -0.376 e. The van der Waals surface area contributed by atoms with Crippen LogP contribution in [-0.2, 0) is 0 Å². The average molecular weight is 212 g/mol. The Kier molecular flexibility index (Phi) is 4.04. The number of rotatable bonds is 5. The van der Waals surface area contributed by atoms with Gasteiger partial charge in [0.15, 0.2) is 0 Å². The number of hydrogen-bond acceptors (Lipinski definition) is 7. The van der Waals surface area contributed by atoms with Crippen LogP contribution in [0.2, 0.25) is 0 Å². The largest absolute Gasteiger partial charge is 0.376 e. The molecule has 0 unspecified atom stereocenters. The molecule has 1 heterocycles. The van der Waals surface area contributed by atoms with Gasteiger partial charge in [-0.05, 0) is 6.42 Å². The Labute approximate surface area is 88.1 Å². The van der Waals surface area contributed by atoms with Crippen LogP contribution in [0.15, 0.2) is 0 Å². The molecule has 7 nitrogen and oxygen atoms in total. The van der Waals surface area contributed by atoms with Gasteiger partial charge in [-0.3, -0.25) is 0 Å². The first-order chi connectivity index (χ1) is 7.17. The number of aliphatic hydroxyl groups is 1. The molecule has 0 aliphatic rings. The molecule has 1 aromatic rings. The molecule has 15 heavy (non-hydrogen) atoms. The molecule has 7 heteroatoms. The smallest absolute Gasteiger partial charge is 0.233 e. The molecule has 0 fully saturated rings. The van der Waals surface area contributed by atoms with Gasteiger partial charge in [0.25, 0.3) is 0 Å². The topological polar surface area (TPSA) is 114 Å². The monoisotopic (exact) mass is 212 g/mol. The Morgan fingerprint density at radius 1 is 1.20 bits per heavy atom. The highest BCUT2D eigenvalue weighted by molar-refractivity contribution is 5.39. The molecule has 0 bridgehead atoms. The van der Waals surface area contributed by atoms with E-state index in [1.165, 1.54) is 0 Å². The maximum absolute atomic E-state index is 9.13. The van der Waals surface area contributed by atoms with E-state index in [1.807, 2.05) is 0 Å². The second kappa shape index (κ2) is 5.30. The average Bonchev–Trinajstić information content (AvgIpc) is 2.17. The maximum atomic E-state index is 9.13. The third-order valence-corrected chi connectivity index (χ3v) is 1.89. The number of aromatic nitrogens is 3. The van der Waals surface area contributed by atoms with Gasteiger partial charge in [-0.25, -0.2) is 0 Å². The summed E-state index contributed by atoms with van der Waals surface area (Å²) in [5.41, 5.74) is 10.9. The minimum atomic E-state index is -0.164. The van der Waals surface area contributed by atoms with Gasteiger partial charge in [-0.15, -0.1) is 0 Å². The van der Waals surface area contributed by atoms with Crippen LogP contribution in [0.1, 0.15) is 19.8 Å². The van der Waals surface area contributed by atoms with E-state index in [0.29, 0.717) is 12.5 Å². The van der Waals surface area contributed by atoms with E-state index < -0.39 is 0 Å². The molecule has 0 saturated carbocycles. The predicted octanol–water partition coefficient (Wildman–Crippen LogP) is -0.408. The first kappa shape index (κ1) is 11.4. The number of nitrogen functional groups attached to an aromatic ring is 2. The molecule has 0 saturated heterocycles. The van der Waals surface area contributed by atoms with E-state index >= 15 is 0 Å². The number of nitrogens with two attached hydrogens (primary N) is 2. The van der Waals surface area contributed by atoms with E-state index in [0.717, 1.165) is 12.8 Å². The summed E-state index contributed by atoms with van der Waals surface area (Å²) in [5.74, 6) is 0.441. The van der Waals surface area contributed by atoms with E-state index in [9.17, 15) is 0 Å². The van der Waals surface area contributed by atoms with Crippen LogP contribution in [0.3, 0.4) is 0 Å². The van der Waals surface area contributed by atoms with E-state index in [4.69, 9.17) is 16.6 Å². The van der Waals surface area contributed by atoms with Crippen LogP contribution < -0.4 is 16.4 Å². The second-order valence-electron chi connectivity index (χ2n) is 3.11. The van der Waals surface area contributed by atoms with Crippen molar-refractivity contribution in [1.29, 1.82) is 0 Å². The fourth-order valence-corrected chi connectivity index (χ4v) is 1.12. The molecule has 0 radical (unpaired) electrons. The fraction of sp³-hybridized carbons (Fsp3) is 0.625. The summed E-state index contributed by atoms with van der Waals surface area (Å²) in [5, 5.41) is 9.13. The first-order valence-corrected chi connectivity index (χ1v) is 4.80. The Morgan fingerprint density at radius 3 is 2.27 bits per heavy atom. The lowest BCUT2D eigenvalue weighted by molar-refractivity contribution is 0.288. The second-order valence-corrected chi connectivity index (χ2v) is 3.11. The third kappa shape index (κ3) is 3.21. The molecule has 0 spiro atoms. The lowest BCUT2D eigenvalue weighted by Gasteiger charge is -2.19. The zero-order valence-corrected chi connectivity index (χ0v) is 8.72. The molecule has 0 aromatic carbocycles. The summed E-state index contributed by atoms with van der Waals surface area (Å²) < 4.78 is 0. The fourth-order valence-electron chi connectivity index (χ4n) is 1.12. The number of anilines is 3. The highest BCUT2D eigenvalue weighted by atomic mass is 16.3. The maximum Gasteiger partial charge on any atom is 0.233 e. The molecule has 84 valence electrons. The van der Waals surface area contributed by atoms with E-state index in [2.05, 4.69) is 21.9 Å². The highest BCUT2D eigenvalue weighted by Gasteiger charge is 2.09. The number of nitrogens with zero attached hydrogens (tertiary/aromatic N) is 4. The van der Waals surface area contributed by atoms with Crippen LogP contribution in [0.4, 0.5) is 17.8 Å². The molecular weight excluding hydrogens is 196 g/mol. The molecule has 0 aliphatic carbocycles. The quantitative estimate of drug-likeness (QED) is 0.568. The zero-order chi connectivity index (χ0) is 11.3. The van der Waals surface area contributed by atoms with Gasteiger partial charge < -0.3 is 21.5 Å². The Balaban J connectivity index is 2.81. The standard InChI is InChI=1S/C8H16N6O/c1-2-3-4-14(5-15)8-12-6(9)11-7(10)13-8/h15H,2-5H2,1H3,(H4,9,10,11,12,13). The van der Waals surface area contributed by atoms with Gasteiger partial charge in [0, 0.05) is 6.54 Å². The molecule has 0 atom stereocenters. The summed E-state index contributed by atoms with van der Waals surface area (Å²) in [7, 11) is 0. The Bertz CT molecular complexity index is 298. The number of aliphatic hydroxyl groups excluding tert-OH is 1. The van der Waals surface area contributed by atoms with Crippen molar-refractivity contribution in [3.63, 3.8) is 0 Å². The van der Waals surface area contributed by atoms with Gasteiger partial charge >= 0.3 is 0 Å². The van der Waals surface area contributed by atoms with Crippen molar-refractivity contribution in [2.24, 2.45) is 0 Å². The molecule has 0 aliphatic heterocycles. The highest BCUT2D eigenvalue weighted by Crippen LogP contribution is 2.10. The first-order valence-electron chi connectivity index (χ1n) is 4.80. The summed E-state index contributed by atoms with van der Waals surface area (Å²) in [6, 6.07) is 0. The van der Waals surface area contributed by atoms with Crippen LogP contribution in [-0.4, -0.2) is 33.3 Å². The molecule has 0 amide bonds. The van der Waals surface area contributed by atoms with Gasteiger partial charge in [0.2, 0.25) is 17.8 Å². The Hall–Kier alpha value is -1.63. The zero-order valence-electron chi connectivity index (χ0n) is 8.72. The molecule has 5 N–H and O–H groups in total. The number of hydrogen-bond donors (Lipinski definition) is 3.